The summed E-state index contributed by atoms with van der Waals surface area (Å²) in [6.45, 7) is 6.39. The number of amides is 1. The van der Waals surface area contributed by atoms with Crippen LogP contribution < -0.4 is 5.32 Å². The van der Waals surface area contributed by atoms with E-state index in [9.17, 15) is 4.79 Å². The van der Waals surface area contributed by atoms with E-state index in [1.54, 1.807) is 10.7 Å². The first kappa shape index (κ1) is 15.6. The molecular weight excluding hydrogens is 300 g/mol. The molecule has 5 nitrogen and oxygen atoms in total. The van der Waals surface area contributed by atoms with Crippen LogP contribution >= 0.6 is 0 Å². The quantitative estimate of drug-likeness (QED) is 0.933. The lowest BCUT2D eigenvalue weighted by molar-refractivity contribution is -0.117. The number of hydrogen-bond donors (Lipinski definition) is 1. The average molecular weight is 326 g/mol. The second-order valence-corrected chi connectivity index (χ2v) is 8.55. The van der Waals surface area contributed by atoms with Gasteiger partial charge in [-0.15, -0.1) is 5.10 Å². The van der Waals surface area contributed by atoms with Gasteiger partial charge in [0.1, 0.15) is 0 Å². The van der Waals surface area contributed by atoms with Gasteiger partial charge in [-0.25, -0.2) is 9.50 Å². The highest BCUT2D eigenvalue weighted by molar-refractivity contribution is 5.92. The maximum Gasteiger partial charge on any atom is 0.225 e. The van der Waals surface area contributed by atoms with Crippen molar-refractivity contribution in [3.8, 4) is 0 Å². The van der Waals surface area contributed by atoms with Gasteiger partial charge in [0.25, 0.3) is 0 Å². The zero-order valence-corrected chi connectivity index (χ0v) is 14.7. The van der Waals surface area contributed by atoms with Gasteiger partial charge in [0.15, 0.2) is 11.5 Å². The van der Waals surface area contributed by atoms with Gasteiger partial charge in [0, 0.05) is 24.4 Å². The molecule has 2 aromatic rings. The van der Waals surface area contributed by atoms with Crippen molar-refractivity contribution in [2.75, 3.05) is 5.32 Å². The van der Waals surface area contributed by atoms with Crippen molar-refractivity contribution >= 4 is 17.4 Å². The van der Waals surface area contributed by atoms with Gasteiger partial charge >= 0.3 is 0 Å². The zero-order valence-electron chi connectivity index (χ0n) is 14.7. The van der Waals surface area contributed by atoms with Crippen LogP contribution in [-0.2, 0) is 10.2 Å². The second kappa shape index (κ2) is 5.57. The number of carbonyl (C=O) groups excluding carboxylic acids is 1. The fraction of sp³-hybridized carbons (Fsp3) is 0.632. The lowest BCUT2D eigenvalue weighted by Crippen LogP contribution is -2.22. The molecule has 2 saturated carbocycles. The predicted molar refractivity (Wildman–Crippen MR) is 93.9 cm³/mol. The standard InChI is InChI=1S/C19H26N4O/c1-19(2,3)16-17(22-23-8-4-7-20-18(16)23)21-15(24)11-14-10-12-5-6-13(14)9-12/h4,7-8,12-14H,5-6,9-11H2,1-3H3,(H,21,22,24). The molecule has 0 saturated heterocycles. The molecule has 0 spiro atoms. The number of rotatable bonds is 3. The fourth-order valence-corrected chi connectivity index (χ4v) is 4.71. The predicted octanol–water partition coefficient (Wildman–Crippen LogP) is 3.79. The maximum atomic E-state index is 12.6. The largest absolute Gasteiger partial charge is 0.309 e. The van der Waals surface area contributed by atoms with Crippen molar-refractivity contribution in [1.29, 1.82) is 0 Å². The number of nitrogens with zero attached hydrogens (tertiary/aromatic N) is 3. The number of fused-ring (bicyclic) bond motifs is 3. The number of anilines is 1. The van der Waals surface area contributed by atoms with Crippen molar-refractivity contribution in [2.45, 2.75) is 58.3 Å². The van der Waals surface area contributed by atoms with Crippen molar-refractivity contribution < 1.29 is 4.79 Å². The van der Waals surface area contributed by atoms with Crippen molar-refractivity contribution in [3.63, 3.8) is 0 Å². The van der Waals surface area contributed by atoms with Crippen molar-refractivity contribution in [3.05, 3.63) is 24.0 Å². The molecule has 2 aromatic heterocycles. The lowest BCUT2D eigenvalue weighted by Gasteiger charge is -2.22. The Bertz CT molecular complexity index is 773. The Labute approximate surface area is 142 Å². The number of aromatic nitrogens is 3. The molecule has 128 valence electrons. The minimum Gasteiger partial charge on any atom is -0.309 e. The Morgan fingerprint density at radius 1 is 1.33 bits per heavy atom. The van der Waals surface area contributed by atoms with Crippen molar-refractivity contribution in [1.82, 2.24) is 14.6 Å². The zero-order chi connectivity index (χ0) is 16.9. The Balaban J connectivity index is 1.56. The first-order valence-corrected chi connectivity index (χ1v) is 9.05. The van der Waals surface area contributed by atoms with Crippen LogP contribution in [0.15, 0.2) is 18.5 Å². The summed E-state index contributed by atoms with van der Waals surface area (Å²) in [5, 5.41) is 7.65. The van der Waals surface area contributed by atoms with Gasteiger partial charge in [0.2, 0.25) is 5.91 Å². The van der Waals surface area contributed by atoms with E-state index in [4.69, 9.17) is 0 Å². The van der Waals surface area contributed by atoms with Gasteiger partial charge in [-0.3, -0.25) is 4.79 Å². The summed E-state index contributed by atoms with van der Waals surface area (Å²) in [4.78, 5) is 17.1. The van der Waals surface area contributed by atoms with Crippen LogP contribution in [-0.4, -0.2) is 20.5 Å². The smallest absolute Gasteiger partial charge is 0.225 e. The highest BCUT2D eigenvalue weighted by Gasteiger charge is 2.40. The second-order valence-electron chi connectivity index (χ2n) is 8.55. The van der Waals surface area contributed by atoms with Gasteiger partial charge < -0.3 is 5.32 Å². The molecule has 3 unspecified atom stereocenters. The first-order chi connectivity index (χ1) is 11.4. The van der Waals surface area contributed by atoms with Gasteiger partial charge in [0.05, 0.1) is 0 Å². The van der Waals surface area contributed by atoms with E-state index in [2.05, 4.69) is 36.2 Å². The van der Waals surface area contributed by atoms with Crippen LogP contribution in [0.25, 0.3) is 5.65 Å². The summed E-state index contributed by atoms with van der Waals surface area (Å²) < 4.78 is 1.76. The van der Waals surface area contributed by atoms with Crippen LogP contribution in [0.2, 0.25) is 0 Å². The van der Waals surface area contributed by atoms with Crippen LogP contribution in [0.4, 0.5) is 5.82 Å². The molecule has 2 bridgehead atoms. The van der Waals surface area contributed by atoms with Gasteiger partial charge in [-0.05, 0) is 48.5 Å². The fourth-order valence-electron chi connectivity index (χ4n) is 4.71. The van der Waals surface area contributed by atoms with E-state index in [0.29, 0.717) is 18.2 Å². The normalized spacial score (nSPS) is 26.2. The molecule has 0 aromatic carbocycles. The topological polar surface area (TPSA) is 59.3 Å². The average Bonchev–Trinajstić information content (AvgIpc) is 3.18. The summed E-state index contributed by atoms with van der Waals surface area (Å²) in [6, 6.07) is 1.85. The summed E-state index contributed by atoms with van der Waals surface area (Å²) >= 11 is 0. The minimum absolute atomic E-state index is 0.0986. The SMILES string of the molecule is CC(C)(C)c1c(NC(=O)CC2CC3CCC2C3)nn2cccnc12. The van der Waals surface area contributed by atoms with Gasteiger partial charge in [-0.1, -0.05) is 27.2 Å². The van der Waals surface area contributed by atoms with E-state index in [0.717, 1.165) is 23.0 Å². The van der Waals surface area contributed by atoms with E-state index in [-0.39, 0.29) is 11.3 Å². The molecular formula is C19H26N4O. The molecule has 1 N–H and O–H groups in total. The molecule has 3 atom stereocenters. The Hall–Kier alpha value is -1.91. The summed E-state index contributed by atoms with van der Waals surface area (Å²) in [6.07, 6.45) is 9.53. The molecule has 24 heavy (non-hydrogen) atoms. The summed E-state index contributed by atoms with van der Waals surface area (Å²) in [5.74, 6) is 2.97. The van der Waals surface area contributed by atoms with Crippen LogP contribution in [0, 0.1) is 17.8 Å². The highest BCUT2D eigenvalue weighted by atomic mass is 16.1. The molecule has 2 aliphatic carbocycles. The Kier molecular flexibility index (Phi) is 3.62. The molecule has 0 aliphatic heterocycles. The van der Waals surface area contributed by atoms with Crippen LogP contribution in [0.3, 0.4) is 0 Å². The van der Waals surface area contributed by atoms with Crippen LogP contribution in [0.1, 0.15) is 58.4 Å². The first-order valence-electron chi connectivity index (χ1n) is 9.05. The summed E-state index contributed by atoms with van der Waals surface area (Å²) in [7, 11) is 0. The summed E-state index contributed by atoms with van der Waals surface area (Å²) in [5.41, 5.74) is 1.69. The molecule has 5 heteroatoms. The number of hydrogen-bond acceptors (Lipinski definition) is 3. The molecule has 2 fully saturated rings. The third-order valence-electron chi connectivity index (χ3n) is 5.74. The molecule has 2 heterocycles. The van der Waals surface area contributed by atoms with E-state index in [1.807, 2.05) is 12.3 Å². The van der Waals surface area contributed by atoms with Gasteiger partial charge in [-0.2, -0.15) is 0 Å². The minimum atomic E-state index is -0.134. The number of nitrogens with one attached hydrogen (secondary N) is 1. The Morgan fingerprint density at radius 2 is 2.17 bits per heavy atom. The van der Waals surface area contributed by atoms with Crippen LogP contribution in [0.5, 0.6) is 0 Å². The maximum absolute atomic E-state index is 12.6. The van der Waals surface area contributed by atoms with E-state index < -0.39 is 0 Å². The highest BCUT2D eigenvalue weighted by Crippen LogP contribution is 2.49. The van der Waals surface area contributed by atoms with E-state index in [1.165, 1.54) is 25.7 Å². The van der Waals surface area contributed by atoms with E-state index >= 15 is 0 Å². The third-order valence-corrected chi connectivity index (χ3v) is 5.74. The molecule has 0 radical (unpaired) electrons. The molecule has 1 amide bonds. The monoisotopic (exact) mass is 326 g/mol. The number of carbonyl (C=O) groups is 1. The molecule has 4 rings (SSSR count). The third kappa shape index (κ3) is 2.70. The lowest BCUT2D eigenvalue weighted by atomic mass is 9.86. The molecule has 2 aliphatic rings. The Morgan fingerprint density at radius 3 is 2.83 bits per heavy atom. The van der Waals surface area contributed by atoms with Crippen molar-refractivity contribution in [2.24, 2.45) is 17.8 Å².